The van der Waals surface area contributed by atoms with Gasteiger partial charge in [0.1, 0.15) is 12.4 Å². The average molecular weight is 500 g/mol. The van der Waals surface area contributed by atoms with Gasteiger partial charge >= 0.3 is 0 Å². The van der Waals surface area contributed by atoms with Gasteiger partial charge in [-0.15, -0.1) is 0 Å². The second-order valence-corrected chi connectivity index (χ2v) is 7.15. The van der Waals surface area contributed by atoms with Gasteiger partial charge in [-0.3, -0.25) is 0 Å². The molecule has 0 unspecified atom stereocenters. The maximum Gasteiger partial charge on any atom is 0.148 e. The first kappa shape index (κ1) is 14.6. The molecule has 0 aliphatic carbocycles. The van der Waals surface area contributed by atoms with E-state index in [1.54, 1.807) is 0 Å². The van der Waals surface area contributed by atoms with Crippen LogP contribution in [-0.4, -0.2) is 0 Å². The van der Waals surface area contributed by atoms with Gasteiger partial charge in [-0.05, 0) is 61.7 Å². The quantitative estimate of drug-likeness (QED) is 0.480. The highest BCUT2D eigenvalue weighted by molar-refractivity contribution is 9.11. The summed E-state index contributed by atoms with van der Waals surface area (Å²) in [5, 5.41) is 0. The van der Waals surface area contributed by atoms with E-state index < -0.39 is 0 Å². The van der Waals surface area contributed by atoms with Gasteiger partial charge in [-0.2, -0.15) is 0 Å². The summed E-state index contributed by atoms with van der Waals surface area (Å²) in [7, 11) is 0. The molecular weight excluding hydrogens is 492 g/mol. The van der Waals surface area contributed by atoms with E-state index in [0.29, 0.717) is 6.61 Å². The molecule has 0 spiro atoms. The van der Waals surface area contributed by atoms with E-state index >= 15 is 0 Å². The highest BCUT2D eigenvalue weighted by Gasteiger charge is 2.08. The van der Waals surface area contributed by atoms with Crippen molar-refractivity contribution in [3.63, 3.8) is 0 Å². The van der Waals surface area contributed by atoms with Crippen LogP contribution in [0, 0.1) is 0 Å². The Morgan fingerprint density at radius 3 is 1.89 bits per heavy atom. The SMILES string of the molecule is Brc1ccc(COc2c(Br)cc(Br)cc2Br)cc1. The summed E-state index contributed by atoms with van der Waals surface area (Å²) in [6.07, 6.45) is 0. The van der Waals surface area contributed by atoms with Gasteiger partial charge < -0.3 is 4.74 Å². The Morgan fingerprint density at radius 2 is 1.33 bits per heavy atom. The van der Waals surface area contributed by atoms with Gasteiger partial charge in [-0.25, -0.2) is 0 Å². The monoisotopic (exact) mass is 496 g/mol. The molecule has 18 heavy (non-hydrogen) atoms. The minimum atomic E-state index is 0.534. The summed E-state index contributed by atoms with van der Waals surface area (Å²) in [5.74, 6) is 0.807. The first-order valence-electron chi connectivity index (χ1n) is 5.08. The Balaban J connectivity index is 2.13. The van der Waals surface area contributed by atoms with Crippen LogP contribution in [0.3, 0.4) is 0 Å². The van der Waals surface area contributed by atoms with Crippen molar-refractivity contribution < 1.29 is 4.74 Å². The molecule has 2 aromatic carbocycles. The lowest BCUT2D eigenvalue weighted by atomic mass is 10.2. The van der Waals surface area contributed by atoms with Crippen LogP contribution in [0.15, 0.2) is 54.3 Å². The number of ether oxygens (including phenoxy) is 1. The van der Waals surface area contributed by atoms with E-state index in [0.717, 1.165) is 29.2 Å². The van der Waals surface area contributed by atoms with E-state index in [9.17, 15) is 0 Å². The molecule has 0 amide bonds. The molecular formula is C13H8Br4O. The highest BCUT2D eigenvalue weighted by atomic mass is 79.9. The smallest absolute Gasteiger partial charge is 0.148 e. The molecule has 1 nitrogen and oxygen atoms in total. The highest BCUT2D eigenvalue weighted by Crippen LogP contribution is 2.36. The topological polar surface area (TPSA) is 9.23 Å². The molecule has 0 aliphatic rings. The van der Waals surface area contributed by atoms with E-state index in [2.05, 4.69) is 63.7 Å². The fraction of sp³-hybridized carbons (Fsp3) is 0.0769. The van der Waals surface area contributed by atoms with Crippen molar-refractivity contribution in [2.24, 2.45) is 0 Å². The van der Waals surface area contributed by atoms with Crippen LogP contribution < -0.4 is 4.74 Å². The van der Waals surface area contributed by atoms with Crippen LogP contribution in [0.25, 0.3) is 0 Å². The molecule has 0 bridgehead atoms. The Bertz CT molecular complexity index is 528. The lowest BCUT2D eigenvalue weighted by molar-refractivity contribution is 0.302. The molecule has 0 saturated carbocycles. The summed E-state index contributed by atoms with van der Waals surface area (Å²) >= 11 is 13.8. The average Bonchev–Trinajstić information content (AvgIpc) is 2.30. The zero-order valence-electron chi connectivity index (χ0n) is 9.09. The Labute approximate surface area is 139 Å². The van der Waals surface area contributed by atoms with Gasteiger partial charge in [0.15, 0.2) is 0 Å². The molecule has 0 radical (unpaired) electrons. The number of rotatable bonds is 3. The Hall–Kier alpha value is 0.160. The molecule has 0 saturated heterocycles. The van der Waals surface area contributed by atoms with Crippen molar-refractivity contribution >= 4 is 63.7 Å². The third-order valence-corrected chi connectivity index (χ3v) is 4.42. The van der Waals surface area contributed by atoms with Gasteiger partial charge in [0.2, 0.25) is 0 Å². The van der Waals surface area contributed by atoms with Crippen LogP contribution in [0.1, 0.15) is 5.56 Å². The lowest BCUT2D eigenvalue weighted by Crippen LogP contribution is -1.96. The predicted molar refractivity (Wildman–Crippen MR) is 88.0 cm³/mol. The summed E-state index contributed by atoms with van der Waals surface area (Å²) in [5.41, 5.74) is 1.12. The minimum Gasteiger partial charge on any atom is -0.487 e. The number of hydrogen-bond donors (Lipinski definition) is 0. The predicted octanol–water partition coefficient (Wildman–Crippen LogP) is 6.32. The fourth-order valence-corrected chi connectivity index (χ4v) is 4.15. The summed E-state index contributed by atoms with van der Waals surface area (Å²) in [6.45, 7) is 0.534. The van der Waals surface area contributed by atoms with Gasteiger partial charge in [0.25, 0.3) is 0 Å². The van der Waals surface area contributed by atoms with E-state index in [-0.39, 0.29) is 0 Å². The van der Waals surface area contributed by atoms with Crippen LogP contribution in [0.4, 0.5) is 0 Å². The lowest BCUT2D eigenvalue weighted by Gasteiger charge is -2.11. The Kier molecular flexibility index (Phi) is 5.30. The van der Waals surface area contributed by atoms with Crippen molar-refractivity contribution in [2.75, 3.05) is 0 Å². The third-order valence-electron chi connectivity index (χ3n) is 2.26. The third kappa shape index (κ3) is 3.83. The summed E-state index contributed by atoms with van der Waals surface area (Å²) in [6, 6.07) is 12.0. The van der Waals surface area contributed by atoms with Crippen molar-refractivity contribution in [3.05, 3.63) is 59.9 Å². The number of halogens is 4. The normalized spacial score (nSPS) is 10.4. The maximum atomic E-state index is 5.82. The van der Waals surface area contributed by atoms with Crippen molar-refractivity contribution in [2.45, 2.75) is 6.61 Å². The van der Waals surface area contributed by atoms with Crippen LogP contribution in [0.2, 0.25) is 0 Å². The first-order valence-corrected chi connectivity index (χ1v) is 8.25. The molecule has 0 N–H and O–H groups in total. The molecule has 0 aliphatic heterocycles. The molecule has 2 rings (SSSR count). The number of benzene rings is 2. The minimum absolute atomic E-state index is 0.534. The van der Waals surface area contributed by atoms with E-state index in [4.69, 9.17) is 4.74 Å². The fourth-order valence-electron chi connectivity index (χ4n) is 1.40. The second kappa shape index (κ2) is 6.55. The van der Waals surface area contributed by atoms with Crippen molar-refractivity contribution in [1.82, 2.24) is 0 Å². The summed E-state index contributed by atoms with van der Waals surface area (Å²) in [4.78, 5) is 0. The Morgan fingerprint density at radius 1 is 0.778 bits per heavy atom. The molecule has 0 aromatic heterocycles. The largest absolute Gasteiger partial charge is 0.487 e. The van der Waals surface area contributed by atoms with Gasteiger partial charge in [-0.1, -0.05) is 44.0 Å². The van der Waals surface area contributed by atoms with Crippen molar-refractivity contribution in [3.8, 4) is 5.75 Å². The van der Waals surface area contributed by atoms with Crippen LogP contribution in [0.5, 0.6) is 5.75 Å². The standard InChI is InChI=1S/C13H8Br4O/c14-9-3-1-8(2-4-9)7-18-13-11(16)5-10(15)6-12(13)17/h1-6H,7H2. The first-order chi connectivity index (χ1) is 8.56. The number of hydrogen-bond acceptors (Lipinski definition) is 1. The zero-order valence-corrected chi connectivity index (χ0v) is 15.4. The summed E-state index contributed by atoms with van der Waals surface area (Å²) < 4.78 is 9.72. The van der Waals surface area contributed by atoms with E-state index in [1.165, 1.54) is 0 Å². The van der Waals surface area contributed by atoms with Crippen LogP contribution >= 0.6 is 63.7 Å². The zero-order chi connectivity index (χ0) is 13.1. The molecule has 94 valence electrons. The van der Waals surface area contributed by atoms with E-state index in [1.807, 2.05) is 36.4 Å². The maximum absolute atomic E-state index is 5.82. The second-order valence-electron chi connectivity index (χ2n) is 3.61. The molecule has 5 heteroatoms. The molecule has 0 atom stereocenters. The molecule has 0 heterocycles. The molecule has 2 aromatic rings. The van der Waals surface area contributed by atoms with Gasteiger partial charge in [0.05, 0.1) is 8.95 Å². The van der Waals surface area contributed by atoms with Crippen LogP contribution in [-0.2, 0) is 6.61 Å². The molecule has 0 fully saturated rings. The van der Waals surface area contributed by atoms with Crippen molar-refractivity contribution in [1.29, 1.82) is 0 Å². The van der Waals surface area contributed by atoms with Gasteiger partial charge in [0, 0.05) is 8.95 Å².